The van der Waals surface area contributed by atoms with Crippen LogP contribution in [0.1, 0.15) is 36.7 Å². The highest BCUT2D eigenvalue weighted by atomic mass is 35.5. The lowest BCUT2D eigenvalue weighted by Crippen LogP contribution is -2.44. The van der Waals surface area contributed by atoms with Crippen LogP contribution in [0.4, 0.5) is 0 Å². The van der Waals surface area contributed by atoms with E-state index in [4.69, 9.17) is 21.9 Å². The van der Waals surface area contributed by atoms with Crippen LogP contribution in [0.5, 0.6) is 0 Å². The van der Waals surface area contributed by atoms with Crippen LogP contribution in [0.15, 0.2) is 34.2 Å². The zero-order valence-electron chi connectivity index (χ0n) is 12.7. The fourth-order valence-electron chi connectivity index (χ4n) is 2.61. The third-order valence-corrected chi connectivity index (χ3v) is 5.40. The molecule has 8 heteroatoms. The lowest BCUT2D eigenvalue weighted by atomic mass is 9.77. The fraction of sp³-hybridized carbons (Fsp3) is 0.312. The van der Waals surface area contributed by atoms with Gasteiger partial charge in [-0.15, -0.1) is 23.7 Å². The Morgan fingerprint density at radius 3 is 2.75 bits per heavy atom. The Labute approximate surface area is 154 Å². The quantitative estimate of drug-likeness (QED) is 0.731. The molecule has 1 aliphatic rings. The van der Waals surface area contributed by atoms with E-state index in [1.165, 1.54) is 0 Å². The van der Waals surface area contributed by atoms with E-state index in [-0.39, 0.29) is 12.4 Å². The van der Waals surface area contributed by atoms with Gasteiger partial charge in [-0.25, -0.2) is 4.98 Å². The molecule has 4 rings (SSSR count). The molecule has 0 atom stereocenters. The minimum atomic E-state index is -0.396. The molecule has 1 saturated carbocycles. The normalized spacial score (nSPS) is 15.6. The number of halogens is 2. The second kappa shape index (κ2) is 6.80. The van der Waals surface area contributed by atoms with Crippen LogP contribution < -0.4 is 5.73 Å². The lowest BCUT2D eigenvalue weighted by Gasteiger charge is -2.34. The van der Waals surface area contributed by atoms with E-state index in [1.807, 2.05) is 29.6 Å². The highest BCUT2D eigenvalue weighted by Gasteiger charge is 2.38. The molecule has 2 heterocycles. The molecule has 24 heavy (non-hydrogen) atoms. The summed E-state index contributed by atoms with van der Waals surface area (Å²) in [7, 11) is 0. The second-order valence-corrected chi connectivity index (χ2v) is 7.09. The number of hydrogen-bond donors (Lipinski definition) is 1. The Bertz CT molecular complexity index is 844. The number of nitrogens with two attached hydrogens (primary N) is 1. The zero-order chi connectivity index (χ0) is 15.9. The van der Waals surface area contributed by atoms with E-state index in [0.717, 1.165) is 35.5 Å². The van der Waals surface area contributed by atoms with E-state index in [2.05, 4.69) is 15.1 Å². The molecular weight excluding hydrogens is 367 g/mol. The van der Waals surface area contributed by atoms with Gasteiger partial charge in [0.05, 0.1) is 22.7 Å². The maximum atomic E-state index is 6.22. The van der Waals surface area contributed by atoms with Gasteiger partial charge in [0.25, 0.3) is 0 Å². The van der Waals surface area contributed by atoms with Crippen molar-refractivity contribution in [3.8, 4) is 10.6 Å². The van der Waals surface area contributed by atoms with Gasteiger partial charge in [0, 0.05) is 10.9 Å². The molecule has 0 spiro atoms. The van der Waals surface area contributed by atoms with Crippen molar-refractivity contribution < 1.29 is 4.52 Å². The van der Waals surface area contributed by atoms with Gasteiger partial charge in [-0.2, -0.15) is 4.98 Å². The average molecular weight is 383 g/mol. The van der Waals surface area contributed by atoms with Gasteiger partial charge >= 0.3 is 0 Å². The molecule has 126 valence electrons. The van der Waals surface area contributed by atoms with E-state index in [0.29, 0.717) is 23.2 Å². The predicted molar refractivity (Wildman–Crippen MR) is 96.6 cm³/mol. The van der Waals surface area contributed by atoms with Crippen LogP contribution in [0, 0.1) is 0 Å². The van der Waals surface area contributed by atoms with Crippen LogP contribution in [0.3, 0.4) is 0 Å². The molecule has 0 saturated heterocycles. The van der Waals surface area contributed by atoms with Crippen molar-refractivity contribution in [1.29, 1.82) is 0 Å². The number of thiazole rings is 1. The molecule has 1 fully saturated rings. The summed E-state index contributed by atoms with van der Waals surface area (Å²) in [6, 6.07) is 7.68. The second-order valence-electron chi connectivity index (χ2n) is 5.82. The van der Waals surface area contributed by atoms with Crippen LogP contribution in [0.25, 0.3) is 10.6 Å². The van der Waals surface area contributed by atoms with Gasteiger partial charge in [0.2, 0.25) is 5.89 Å². The summed E-state index contributed by atoms with van der Waals surface area (Å²) < 4.78 is 5.33. The molecule has 1 aromatic carbocycles. The van der Waals surface area contributed by atoms with Gasteiger partial charge in [-0.3, -0.25) is 0 Å². The molecule has 2 aromatic heterocycles. The fourth-order valence-corrected chi connectivity index (χ4v) is 3.75. The number of hydrogen-bond acceptors (Lipinski definition) is 6. The molecule has 0 aliphatic heterocycles. The van der Waals surface area contributed by atoms with Gasteiger partial charge in [-0.05, 0) is 25.3 Å². The number of rotatable bonds is 4. The predicted octanol–water partition coefficient (Wildman–Crippen LogP) is 4.20. The van der Waals surface area contributed by atoms with Crippen molar-refractivity contribution in [2.24, 2.45) is 5.73 Å². The molecule has 1 aliphatic carbocycles. The van der Waals surface area contributed by atoms with Crippen LogP contribution in [-0.2, 0) is 12.0 Å². The molecule has 5 nitrogen and oxygen atoms in total. The first kappa shape index (κ1) is 17.4. The van der Waals surface area contributed by atoms with Gasteiger partial charge < -0.3 is 10.3 Å². The molecule has 0 bridgehead atoms. The summed E-state index contributed by atoms with van der Waals surface area (Å²) in [6.45, 7) is 0. The first-order valence-electron chi connectivity index (χ1n) is 7.45. The average Bonchev–Trinajstić information content (AvgIpc) is 3.16. The standard InChI is InChI=1S/C16H15ClN4OS.ClH/c17-12-5-2-1-4-11(12)14-19-10(9-23-14)8-13-20-15(21-22-13)16(18)6-3-7-16;/h1-2,4-5,9H,3,6-8,18H2;1H. The Kier molecular flexibility index (Phi) is 4.92. The number of benzene rings is 1. The smallest absolute Gasteiger partial charge is 0.232 e. The topological polar surface area (TPSA) is 77.8 Å². The van der Waals surface area contributed by atoms with Crippen molar-refractivity contribution in [3.05, 3.63) is 52.1 Å². The van der Waals surface area contributed by atoms with Crippen molar-refractivity contribution in [2.75, 3.05) is 0 Å². The van der Waals surface area contributed by atoms with Crippen molar-refractivity contribution in [2.45, 2.75) is 31.2 Å². The van der Waals surface area contributed by atoms with Crippen LogP contribution in [-0.4, -0.2) is 15.1 Å². The molecule has 0 unspecified atom stereocenters. The highest BCUT2D eigenvalue weighted by molar-refractivity contribution is 7.13. The SMILES string of the molecule is Cl.NC1(c2noc(Cc3csc(-c4ccccc4Cl)n3)n2)CCC1. The van der Waals surface area contributed by atoms with Gasteiger partial charge in [-0.1, -0.05) is 35.0 Å². The number of aromatic nitrogens is 3. The van der Waals surface area contributed by atoms with Crippen molar-refractivity contribution >= 4 is 35.3 Å². The zero-order valence-corrected chi connectivity index (χ0v) is 15.1. The van der Waals surface area contributed by atoms with Crippen LogP contribution in [0.2, 0.25) is 5.02 Å². The van der Waals surface area contributed by atoms with Crippen LogP contribution >= 0.6 is 35.3 Å². The lowest BCUT2D eigenvalue weighted by molar-refractivity contribution is 0.229. The van der Waals surface area contributed by atoms with E-state index < -0.39 is 5.54 Å². The summed E-state index contributed by atoms with van der Waals surface area (Å²) >= 11 is 7.77. The van der Waals surface area contributed by atoms with E-state index in [9.17, 15) is 0 Å². The Balaban J connectivity index is 0.00000169. The third kappa shape index (κ3) is 3.19. The van der Waals surface area contributed by atoms with Crippen molar-refractivity contribution in [3.63, 3.8) is 0 Å². The molecule has 0 radical (unpaired) electrons. The molecular formula is C16H16Cl2N4OS. The minimum Gasteiger partial charge on any atom is -0.339 e. The highest BCUT2D eigenvalue weighted by Crippen LogP contribution is 2.37. The van der Waals surface area contributed by atoms with Crippen molar-refractivity contribution in [1.82, 2.24) is 15.1 Å². The number of nitrogens with zero attached hydrogens (tertiary/aromatic N) is 3. The minimum absolute atomic E-state index is 0. The van der Waals surface area contributed by atoms with Gasteiger partial charge in [0.1, 0.15) is 5.01 Å². The molecule has 2 N–H and O–H groups in total. The van der Waals surface area contributed by atoms with E-state index >= 15 is 0 Å². The Morgan fingerprint density at radius 2 is 2.04 bits per heavy atom. The molecule has 3 aromatic rings. The maximum absolute atomic E-state index is 6.22. The van der Waals surface area contributed by atoms with Gasteiger partial charge in [0.15, 0.2) is 5.82 Å². The first-order valence-corrected chi connectivity index (χ1v) is 8.71. The summed E-state index contributed by atoms with van der Waals surface area (Å²) in [5.41, 5.74) is 7.64. The third-order valence-electron chi connectivity index (χ3n) is 4.15. The summed E-state index contributed by atoms with van der Waals surface area (Å²) in [6.07, 6.45) is 3.45. The maximum Gasteiger partial charge on any atom is 0.232 e. The Hall–Kier alpha value is -1.47. The molecule has 0 amide bonds. The van der Waals surface area contributed by atoms with E-state index in [1.54, 1.807) is 11.3 Å². The largest absolute Gasteiger partial charge is 0.339 e. The summed E-state index contributed by atoms with van der Waals surface area (Å²) in [5.74, 6) is 1.16. The summed E-state index contributed by atoms with van der Waals surface area (Å²) in [4.78, 5) is 9.05. The first-order chi connectivity index (χ1) is 11.1. The monoisotopic (exact) mass is 382 g/mol. The Morgan fingerprint density at radius 1 is 1.25 bits per heavy atom. The summed E-state index contributed by atoms with van der Waals surface area (Å²) in [5, 5.41) is 7.61.